The van der Waals surface area contributed by atoms with Gasteiger partial charge < -0.3 is 19.4 Å². The molecule has 3 saturated carbocycles. The van der Waals surface area contributed by atoms with Gasteiger partial charge in [-0.25, -0.2) is 0 Å². The Kier molecular flexibility index (Phi) is 6.01. The van der Waals surface area contributed by atoms with Crippen LogP contribution in [0.15, 0.2) is 42.0 Å². The number of carbonyl (C=O) groups is 2. The molecule has 3 fully saturated rings. The van der Waals surface area contributed by atoms with Gasteiger partial charge in [-0.15, -0.1) is 0 Å². The van der Waals surface area contributed by atoms with Gasteiger partial charge in [-0.2, -0.15) is 0 Å². The molecule has 7 unspecified atom stereocenters. The first-order valence-electron chi connectivity index (χ1n) is 13.0. The van der Waals surface area contributed by atoms with Crippen molar-refractivity contribution in [1.29, 1.82) is 0 Å². The second-order valence-corrected chi connectivity index (χ2v) is 11.6. The van der Waals surface area contributed by atoms with E-state index >= 15 is 0 Å². The number of hydrogen-bond acceptors (Lipinski definition) is 4. The molecule has 1 aromatic carbocycles. The van der Waals surface area contributed by atoms with Gasteiger partial charge in [-0.1, -0.05) is 69.2 Å². The highest BCUT2D eigenvalue weighted by molar-refractivity contribution is 5.90. The molecule has 34 heavy (non-hydrogen) atoms. The highest BCUT2D eigenvalue weighted by atomic mass is 16.5. The lowest BCUT2D eigenvalue weighted by atomic mass is 9.43. The van der Waals surface area contributed by atoms with E-state index in [0.717, 1.165) is 36.7 Å². The molecule has 184 valence electrons. The molecule has 0 saturated heterocycles. The number of hydrogen-bond donors (Lipinski definition) is 1. The van der Waals surface area contributed by atoms with Crippen molar-refractivity contribution < 1.29 is 24.2 Å². The molecule has 0 radical (unpaired) electrons. The average Bonchev–Trinajstić information content (AvgIpc) is 3.39. The van der Waals surface area contributed by atoms with Crippen LogP contribution in [0.4, 0.5) is 0 Å². The lowest BCUT2D eigenvalue weighted by Crippen LogP contribution is -2.63. The molecule has 4 bridgehead atoms. The molecule has 5 heteroatoms. The van der Waals surface area contributed by atoms with E-state index in [2.05, 4.69) is 26.8 Å². The van der Waals surface area contributed by atoms with Crippen LogP contribution in [0.25, 0.3) is 0 Å². The molecule has 1 N–H and O–H groups in total. The summed E-state index contributed by atoms with van der Waals surface area (Å²) in [6, 6.07) is 10.0. The van der Waals surface area contributed by atoms with Crippen molar-refractivity contribution >= 4 is 12.3 Å². The van der Waals surface area contributed by atoms with Crippen LogP contribution in [-0.4, -0.2) is 37.2 Å². The van der Waals surface area contributed by atoms with E-state index in [4.69, 9.17) is 9.47 Å². The van der Waals surface area contributed by atoms with Crippen LogP contribution in [0.1, 0.15) is 52.0 Å². The highest BCUT2D eigenvalue weighted by Gasteiger charge is 2.84. The zero-order valence-corrected chi connectivity index (χ0v) is 20.7. The Balaban J connectivity index is 1.40. The number of carboxylic acid groups (broad SMARTS) is 1. The van der Waals surface area contributed by atoms with Crippen LogP contribution in [0.5, 0.6) is 0 Å². The minimum atomic E-state index is -1.16. The van der Waals surface area contributed by atoms with Gasteiger partial charge in [0, 0.05) is 5.41 Å². The number of fused-ring (bicyclic) bond motifs is 2. The standard InChI is InChI=1S/C29H38O5/c1-19(2)25-13-22-14-27(17-30)24-10-9-20(3)23(24)15-28(22,29(25,27)26(31)32)18-34-12-11-33-16-21-7-5-4-6-8-21/h4-8,13,17,19-20,22-24H,9-12,14-16,18H2,1-3H3,(H,31,32). The van der Waals surface area contributed by atoms with Crippen molar-refractivity contribution in [2.45, 2.75) is 53.1 Å². The number of rotatable bonds is 10. The van der Waals surface area contributed by atoms with Crippen LogP contribution in [0.2, 0.25) is 0 Å². The van der Waals surface area contributed by atoms with Gasteiger partial charge >= 0.3 is 5.97 Å². The average molecular weight is 467 g/mol. The smallest absolute Gasteiger partial charge is 0.315 e. The normalized spacial score (nSPS) is 39.8. The number of benzene rings is 1. The molecule has 7 atom stereocenters. The third kappa shape index (κ3) is 2.99. The molecule has 1 aromatic rings. The van der Waals surface area contributed by atoms with Crippen molar-refractivity contribution in [3.8, 4) is 0 Å². The zero-order chi connectivity index (χ0) is 24.1. The first-order valence-corrected chi connectivity index (χ1v) is 13.0. The van der Waals surface area contributed by atoms with Crippen LogP contribution >= 0.6 is 0 Å². The summed E-state index contributed by atoms with van der Waals surface area (Å²) in [4.78, 5) is 26.4. The number of aldehydes is 1. The fourth-order valence-electron chi connectivity index (χ4n) is 8.77. The van der Waals surface area contributed by atoms with E-state index in [9.17, 15) is 14.7 Å². The fraction of sp³-hybridized carbons (Fsp3) is 0.655. The van der Waals surface area contributed by atoms with E-state index in [1.807, 2.05) is 30.3 Å². The van der Waals surface area contributed by atoms with Crippen LogP contribution in [-0.2, 0) is 25.7 Å². The maximum atomic E-state index is 13.4. The molecule has 0 amide bonds. The van der Waals surface area contributed by atoms with E-state index < -0.39 is 22.2 Å². The summed E-state index contributed by atoms with van der Waals surface area (Å²) in [6.07, 6.45) is 6.83. The van der Waals surface area contributed by atoms with E-state index in [1.165, 1.54) is 0 Å². The van der Waals surface area contributed by atoms with Crippen molar-refractivity contribution in [2.75, 3.05) is 19.8 Å². The molecule has 0 aliphatic heterocycles. The van der Waals surface area contributed by atoms with Crippen molar-refractivity contribution in [3.63, 3.8) is 0 Å². The summed E-state index contributed by atoms with van der Waals surface area (Å²) in [5.74, 6) is 0.413. The van der Waals surface area contributed by atoms with Gasteiger partial charge in [0.1, 0.15) is 11.7 Å². The van der Waals surface area contributed by atoms with Gasteiger partial charge in [0.15, 0.2) is 0 Å². The van der Waals surface area contributed by atoms with Gasteiger partial charge in [0.2, 0.25) is 0 Å². The third-order valence-corrected chi connectivity index (χ3v) is 9.96. The van der Waals surface area contributed by atoms with E-state index in [1.54, 1.807) is 0 Å². The first kappa shape index (κ1) is 23.7. The topological polar surface area (TPSA) is 72.8 Å². The Morgan fingerprint density at radius 3 is 2.56 bits per heavy atom. The number of allylic oxidation sites excluding steroid dienone is 1. The second kappa shape index (κ2) is 8.60. The number of carbonyl (C=O) groups excluding carboxylic acids is 1. The van der Waals surface area contributed by atoms with Gasteiger partial charge in [0.25, 0.3) is 0 Å². The molecule has 4 aliphatic rings. The molecule has 0 aromatic heterocycles. The zero-order valence-electron chi connectivity index (χ0n) is 20.7. The van der Waals surface area contributed by atoms with E-state index in [0.29, 0.717) is 44.7 Å². The summed E-state index contributed by atoms with van der Waals surface area (Å²) in [5, 5.41) is 10.9. The Morgan fingerprint density at radius 1 is 1.15 bits per heavy atom. The third-order valence-electron chi connectivity index (χ3n) is 9.96. The molecule has 0 spiro atoms. The summed E-state index contributed by atoms with van der Waals surface area (Å²) < 4.78 is 12.1. The summed E-state index contributed by atoms with van der Waals surface area (Å²) in [6.45, 7) is 8.22. The maximum Gasteiger partial charge on any atom is 0.315 e. The van der Waals surface area contributed by atoms with Crippen molar-refractivity contribution in [2.24, 2.45) is 45.8 Å². The number of carboxylic acids is 1. The van der Waals surface area contributed by atoms with Gasteiger partial charge in [0.05, 0.1) is 31.8 Å². The van der Waals surface area contributed by atoms with Crippen molar-refractivity contribution in [3.05, 3.63) is 47.5 Å². The largest absolute Gasteiger partial charge is 0.481 e. The van der Waals surface area contributed by atoms with E-state index in [-0.39, 0.29) is 17.8 Å². The van der Waals surface area contributed by atoms with Crippen LogP contribution in [0.3, 0.4) is 0 Å². The predicted molar refractivity (Wildman–Crippen MR) is 129 cm³/mol. The lowest BCUT2D eigenvalue weighted by Gasteiger charge is -2.58. The minimum Gasteiger partial charge on any atom is -0.481 e. The van der Waals surface area contributed by atoms with Crippen molar-refractivity contribution in [1.82, 2.24) is 0 Å². The molecule has 0 heterocycles. The van der Waals surface area contributed by atoms with Crippen LogP contribution in [0, 0.1) is 45.8 Å². The summed E-state index contributed by atoms with van der Waals surface area (Å²) in [7, 11) is 0. The highest BCUT2D eigenvalue weighted by Crippen LogP contribution is 2.82. The fourth-order valence-corrected chi connectivity index (χ4v) is 8.77. The molecular weight excluding hydrogens is 428 g/mol. The SMILES string of the molecule is CC(C)C1=CC2CC3(C=O)C4CCC(C)C4CC2(COCCOCc2ccccc2)C13C(=O)O. The Hall–Kier alpha value is -1.98. The summed E-state index contributed by atoms with van der Waals surface area (Å²) in [5.41, 5.74) is -0.450. The minimum absolute atomic E-state index is 0.0780. The summed E-state index contributed by atoms with van der Waals surface area (Å²) >= 11 is 0. The molecular formula is C29H38O5. The van der Waals surface area contributed by atoms with Crippen LogP contribution < -0.4 is 0 Å². The lowest BCUT2D eigenvalue weighted by molar-refractivity contribution is -0.187. The monoisotopic (exact) mass is 466 g/mol. The Bertz CT molecular complexity index is 970. The Labute approximate surface area is 202 Å². The Morgan fingerprint density at radius 2 is 1.88 bits per heavy atom. The molecule has 5 rings (SSSR count). The first-order chi connectivity index (χ1) is 16.3. The number of ether oxygens (including phenoxy) is 2. The second-order valence-electron chi connectivity index (χ2n) is 11.6. The van der Waals surface area contributed by atoms with Gasteiger partial charge in [-0.05, 0) is 54.4 Å². The molecule has 5 nitrogen and oxygen atoms in total. The predicted octanol–water partition coefficient (Wildman–Crippen LogP) is 5.14. The quantitative estimate of drug-likeness (QED) is 0.293. The number of aliphatic carboxylic acids is 1. The van der Waals surface area contributed by atoms with Gasteiger partial charge in [-0.3, -0.25) is 4.79 Å². The molecule has 4 aliphatic carbocycles. The maximum absolute atomic E-state index is 13.4.